The number of nitrogens with zero attached hydrogens (tertiary/aromatic N) is 1. The quantitative estimate of drug-likeness (QED) is 0.914. The van der Waals surface area contributed by atoms with Gasteiger partial charge in [-0.25, -0.2) is 4.79 Å². The van der Waals surface area contributed by atoms with Crippen LogP contribution in [-0.2, 0) is 14.3 Å². The van der Waals surface area contributed by atoms with E-state index in [1.54, 1.807) is 34.6 Å². The molecular formula is C18H25NO5. The van der Waals surface area contributed by atoms with E-state index in [1.165, 1.54) is 4.90 Å². The third kappa shape index (κ3) is 4.06. The zero-order valence-electron chi connectivity index (χ0n) is 14.8. The first-order valence-electron chi connectivity index (χ1n) is 7.98. The Balaban J connectivity index is 2.43. The summed E-state index contributed by atoms with van der Waals surface area (Å²) < 4.78 is 11.4. The molecule has 1 N–H and O–H groups in total. The summed E-state index contributed by atoms with van der Waals surface area (Å²) >= 11 is 0. The number of rotatable bonds is 3. The molecular weight excluding hydrogens is 310 g/mol. The van der Waals surface area contributed by atoms with E-state index in [1.807, 2.05) is 30.3 Å². The zero-order valence-corrected chi connectivity index (χ0v) is 14.8. The van der Waals surface area contributed by atoms with E-state index in [2.05, 4.69) is 0 Å². The van der Waals surface area contributed by atoms with E-state index in [0.29, 0.717) is 0 Å². The Labute approximate surface area is 142 Å². The number of carboxylic acid groups (broad SMARTS) is 1. The summed E-state index contributed by atoms with van der Waals surface area (Å²) in [6.45, 7) is 8.87. The molecule has 0 spiro atoms. The van der Waals surface area contributed by atoms with Crippen molar-refractivity contribution in [2.75, 3.05) is 0 Å². The summed E-state index contributed by atoms with van der Waals surface area (Å²) in [7, 11) is 0. The number of amides is 1. The van der Waals surface area contributed by atoms with Crippen LogP contribution in [0.15, 0.2) is 30.3 Å². The normalized spacial score (nSPS) is 23.1. The largest absolute Gasteiger partial charge is 0.481 e. The Morgan fingerprint density at radius 1 is 1.25 bits per heavy atom. The first-order valence-corrected chi connectivity index (χ1v) is 7.98. The van der Waals surface area contributed by atoms with Gasteiger partial charge in [0.05, 0.1) is 18.6 Å². The fourth-order valence-corrected chi connectivity index (χ4v) is 2.98. The molecule has 0 unspecified atom stereocenters. The SMILES string of the molecule is CC(C)(C)OC(=O)N1[C@@H](c2ccccc2)[C@H](CC(=O)O)OC1(C)C. The first-order chi connectivity index (χ1) is 11.0. The van der Waals surface area contributed by atoms with Gasteiger partial charge in [-0.05, 0) is 40.2 Å². The van der Waals surface area contributed by atoms with Gasteiger partial charge in [0.2, 0.25) is 0 Å². The molecule has 6 nitrogen and oxygen atoms in total. The first kappa shape index (κ1) is 18.3. The van der Waals surface area contributed by atoms with E-state index >= 15 is 0 Å². The molecule has 0 saturated carbocycles. The third-order valence-electron chi connectivity index (χ3n) is 3.76. The molecule has 1 amide bonds. The number of ether oxygens (including phenoxy) is 2. The van der Waals surface area contributed by atoms with E-state index in [0.717, 1.165) is 5.56 Å². The Kier molecular flexibility index (Phi) is 4.90. The molecule has 132 valence electrons. The van der Waals surface area contributed by atoms with Crippen molar-refractivity contribution in [1.29, 1.82) is 0 Å². The van der Waals surface area contributed by atoms with Gasteiger partial charge in [-0.2, -0.15) is 0 Å². The predicted molar refractivity (Wildman–Crippen MR) is 88.5 cm³/mol. The molecule has 1 heterocycles. The molecule has 0 aliphatic carbocycles. The van der Waals surface area contributed by atoms with Crippen molar-refractivity contribution >= 4 is 12.1 Å². The van der Waals surface area contributed by atoms with Gasteiger partial charge in [0.1, 0.15) is 11.3 Å². The molecule has 1 fully saturated rings. The minimum atomic E-state index is -0.970. The molecule has 0 bridgehead atoms. The monoisotopic (exact) mass is 335 g/mol. The maximum atomic E-state index is 12.8. The van der Waals surface area contributed by atoms with Crippen LogP contribution in [0, 0.1) is 0 Å². The standard InChI is InChI=1S/C18H25NO5/c1-17(2,3)24-16(22)19-15(12-9-7-6-8-10-12)13(11-14(20)21)23-18(19,4)5/h6-10,13,15H,11H2,1-5H3,(H,20,21)/t13-,15-/m0/s1. The lowest BCUT2D eigenvalue weighted by Crippen LogP contribution is -2.47. The molecule has 0 radical (unpaired) electrons. The van der Waals surface area contributed by atoms with Gasteiger partial charge < -0.3 is 14.6 Å². The summed E-state index contributed by atoms with van der Waals surface area (Å²) in [6, 6.07) is 8.78. The number of aliphatic carboxylic acids is 1. The minimum Gasteiger partial charge on any atom is -0.481 e. The van der Waals surface area contributed by atoms with Gasteiger partial charge in [-0.1, -0.05) is 30.3 Å². The molecule has 1 aromatic rings. The second-order valence-corrected chi connectivity index (χ2v) is 7.41. The summed E-state index contributed by atoms with van der Waals surface area (Å²) in [6.07, 6.45) is -1.36. The topological polar surface area (TPSA) is 76.1 Å². The highest BCUT2D eigenvalue weighted by Gasteiger charge is 2.52. The van der Waals surface area contributed by atoms with Crippen LogP contribution in [0.4, 0.5) is 4.79 Å². The second-order valence-electron chi connectivity index (χ2n) is 7.41. The summed E-state index contributed by atoms with van der Waals surface area (Å²) in [5.41, 5.74) is -0.803. The van der Waals surface area contributed by atoms with Crippen molar-refractivity contribution in [3.05, 3.63) is 35.9 Å². The van der Waals surface area contributed by atoms with Gasteiger partial charge in [0.25, 0.3) is 0 Å². The van der Waals surface area contributed by atoms with Crippen LogP contribution in [0.1, 0.15) is 52.6 Å². The molecule has 1 saturated heterocycles. The molecule has 1 aromatic carbocycles. The summed E-state index contributed by atoms with van der Waals surface area (Å²) in [5, 5.41) is 9.21. The van der Waals surface area contributed by atoms with Crippen LogP contribution in [0.2, 0.25) is 0 Å². The van der Waals surface area contributed by atoms with E-state index in [-0.39, 0.29) is 6.42 Å². The highest BCUT2D eigenvalue weighted by molar-refractivity contribution is 5.71. The van der Waals surface area contributed by atoms with Crippen LogP contribution in [0.3, 0.4) is 0 Å². The van der Waals surface area contributed by atoms with Crippen molar-refractivity contribution < 1.29 is 24.2 Å². The average Bonchev–Trinajstić information content (AvgIpc) is 2.67. The van der Waals surface area contributed by atoms with Crippen molar-refractivity contribution in [3.63, 3.8) is 0 Å². The van der Waals surface area contributed by atoms with Crippen molar-refractivity contribution in [2.24, 2.45) is 0 Å². The van der Waals surface area contributed by atoms with E-state index in [9.17, 15) is 14.7 Å². The van der Waals surface area contributed by atoms with Crippen molar-refractivity contribution in [3.8, 4) is 0 Å². The minimum absolute atomic E-state index is 0.192. The molecule has 6 heteroatoms. The van der Waals surface area contributed by atoms with Crippen LogP contribution in [-0.4, -0.2) is 39.5 Å². The molecule has 2 atom stereocenters. The number of carbonyl (C=O) groups excluding carboxylic acids is 1. The van der Waals surface area contributed by atoms with Crippen LogP contribution in [0.5, 0.6) is 0 Å². The molecule has 1 aliphatic rings. The number of hydrogen-bond donors (Lipinski definition) is 1. The van der Waals surface area contributed by atoms with Gasteiger partial charge >= 0.3 is 12.1 Å². The smallest absolute Gasteiger partial charge is 0.413 e. The second kappa shape index (κ2) is 6.43. The van der Waals surface area contributed by atoms with E-state index < -0.39 is 35.5 Å². The van der Waals surface area contributed by atoms with Gasteiger partial charge in [-0.3, -0.25) is 9.69 Å². The Morgan fingerprint density at radius 2 is 1.83 bits per heavy atom. The third-order valence-corrected chi connectivity index (χ3v) is 3.76. The number of carbonyl (C=O) groups is 2. The molecule has 24 heavy (non-hydrogen) atoms. The number of hydrogen-bond acceptors (Lipinski definition) is 4. The molecule has 0 aromatic heterocycles. The lowest BCUT2D eigenvalue weighted by molar-refractivity contribution is -0.141. The Morgan fingerprint density at radius 3 is 2.33 bits per heavy atom. The van der Waals surface area contributed by atoms with Crippen LogP contribution < -0.4 is 0 Å². The van der Waals surface area contributed by atoms with E-state index in [4.69, 9.17) is 9.47 Å². The Bertz CT molecular complexity index is 606. The van der Waals surface area contributed by atoms with Gasteiger partial charge in [0.15, 0.2) is 0 Å². The van der Waals surface area contributed by atoms with Gasteiger partial charge in [0, 0.05) is 0 Å². The maximum Gasteiger partial charge on any atom is 0.413 e. The summed E-state index contributed by atoms with van der Waals surface area (Å²) in [5.74, 6) is -0.970. The fraction of sp³-hybridized carbons (Fsp3) is 0.556. The lowest BCUT2D eigenvalue weighted by Gasteiger charge is -2.35. The molecule has 1 aliphatic heterocycles. The number of benzene rings is 1. The Hall–Kier alpha value is -2.08. The van der Waals surface area contributed by atoms with Crippen molar-refractivity contribution in [2.45, 2.75) is 64.5 Å². The summed E-state index contributed by atoms with van der Waals surface area (Å²) in [4.78, 5) is 25.5. The van der Waals surface area contributed by atoms with Crippen LogP contribution >= 0.6 is 0 Å². The fourth-order valence-electron chi connectivity index (χ4n) is 2.98. The maximum absolute atomic E-state index is 12.8. The lowest BCUT2D eigenvalue weighted by atomic mass is 9.98. The number of carboxylic acids is 1. The predicted octanol–water partition coefficient (Wildman–Crippen LogP) is 3.57. The highest BCUT2D eigenvalue weighted by Crippen LogP contribution is 2.43. The average molecular weight is 335 g/mol. The zero-order chi connectivity index (χ0) is 18.1. The molecule has 2 rings (SSSR count). The van der Waals surface area contributed by atoms with Crippen LogP contribution in [0.25, 0.3) is 0 Å². The van der Waals surface area contributed by atoms with Gasteiger partial charge in [-0.15, -0.1) is 0 Å². The highest BCUT2D eigenvalue weighted by atomic mass is 16.6. The van der Waals surface area contributed by atoms with Crippen molar-refractivity contribution in [1.82, 2.24) is 4.90 Å².